The van der Waals surface area contributed by atoms with Crippen LogP contribution in [0.2, 0.25) is 0 Å². The molecule has 0 radical (unpaired) electrons. The Morgan fingerprint density at radius 1 is 0.652 bits per heavy atom. The van der Waals surface area contributed by atoms with Gasteiger partial charge < -0.3 is 29.7 Å². The quantitative estimate of drug-likeness (QED) is 0.399. The molecule has 23 heavy (non-hydrogen) atoms. The van der Waals surface area contributed by atoms with E-state index < -0.39 is 17.9 Å². The molecule has 0 N–H and O–H groups in total. The molecule has 0 unspecified atom stereocenters. The summed E-state index contributed by atoms with van der Waals surface area (Å²) < 4.78 is 0. The molecule has 0 aromatic rings. The minimum absolute atomic E-state index is 0. The third-order valence-corrected chi connectivity index (χ3v) is 2.48. The zero-order chi connectivity index (χ0) is 17.8. The van der Waals surface area contributed by atoms with Crippen molar-refractivity contribution in [3.05, 3.63) is 0 Å². The number of unbranched alkanes of at least 4 members (excludes halogenated alkanes) is 8. The first-order chi connectivity index (χ1) is 10.2. The largest absolute Gasteiger partial charge is 3.00 e. The fourth-order valence-corrected chi connectivity index (χ4v) is 1.58. The number of rotatable bonds is 10. The normalized spacial score (nSPS) is 8.48. The van der Waals surface area contributed by atoms with Crippen molar-refractivity contribution >= 4 is 35.3 Å². The first kappa shape index (κ1) is 29.9. The topological polar surface area (TPSA) is 120 Å². The van der Waals surface area contributed by atoms with Gasteiger partial charge in [0.2, 0.25) is 0 Å². The predicted molar refractivity (Wildman–Crippen MR) is 84.0 cm³/mol. The van der Waals surface area contributed by atoms with Gasteiger partial charge in [-0.05, 0) is 26.7 Å². The molecule has 0 atom stereocenters. The maximum Gasteiger partial charge on any atom is 3.00 e. The summed E-state index contributed by atoms with van der Waals surface area (Å²) in [5.41, 5.74) is 0. The van der Waals surface area contributed by atoms with Crippen molar-refractivity contribution in [1.82, 2.24) is 0 Å². The molecular weight excluding hydrogens is 315 g/mol. The van der Waals surface area contributed by atoms with Gasteiger partial charge in [-0.2, -0.15) is 0 Å². The van der Waals surface area contributed by atoms with E-state index in [-0.39, 0.29) is 23.8 Å². The average Bonchev–Trinajstić information content (AvgIpc) is 2.35. The molecular formula is C16H29AlO6. The van der Waals surface area contributed by atoms with Gasteiger partial charge in [0.25, 0.3) is 0 Å². The Morgan fingerprint density at radius 2 is 0.913 bits per heavy atom. The van der Waals surface area contributed by atoms with E-state index in [4.69, 9.17) is 19.8 Å². The number of carbonyl (C=O) groups excluding carboxylic acids is 3. The summed E-state index contributed by atoms with van der Waals surface area (Å²) in [6.45, 7) is 4.17. The van der Waals surface area contributed by atoms with Gasteiger partial charge in [0.1, 0.15) is 0 Å². The molecule has 0 amide bonds. The summed E-state index contributed by atoms with van der Waals surface area (Å²) in [7, 11) is 0. The summed E-state index contributed by atoms with van der Waals surface area (Å²) in [4.78, 5) is 27.9. The average molecular weight is 344 g/mol. The van der Waals surface area contributed by atoms with Crippen LogP contribution in [0, 0.1) is 0 Å². The zero-order valence-corrected chi connectivity index (χ0v) is 15.8. The first-order valence-electron chi connectivity index (χ1n) is 7.79. The van der Waals surface area contributed by atoms with Crippen LogP contribution < -0.4 is 15.3 Å². The third-order valence-electron chi connectivity index (χ3n) is 2.48. The fourth-order valence-electron chi connectivity index (χ4n) is 1.58. The van der Waals surface area contributed by atoms with Crippen molar-refractivity contribution in [2.45, 2.75) is 85.0 Å². The molecule has 0 rings (SSSR count). The van der Waals surface area contributed by atoms with Gasteiger partial charge in [0, 0.05) is 17.9 Å². The number of hydrogen-bond donors (Lipinski definition) is 0. The van der Waals surface area contributed by atoms with E-state index >= 15 is 0 Å². The Labute approximate surface area is 150 Å². The monoisotopic (exact) mass is 344 g/mol. The molecule has 0 aliphatic carbocycles. The van der Waals surface area contributed by atoms with Gasteiger partial charge in [-0.3, -0.25) is 0 Å². The molecule has 132 valence electrons. The SMILES string of the molecule is CC(=O)[O-].CC(=O)[O-].CCCCCCCCCCCC(=O)[O-].[Al+3]. The van der Waals surface area contributed by atoms with Crippen LogP contribution in [0.1, 0.15) is 85.0 Å². The second-order valence-electron chi connectivity index (χ2n) is 4.93. The minimum Gasteiger partial charge on any atom is -0.550 e. The summed E-state index contributed by atoms with van der Waals surface area (Å²) >= 11 is 0. The molecule has 0 spiro atoms. The van der Waals surface area contributed by atoms with E-state index in [0.717, 1.165) is 26.7 Å². The third kappa shape index (κ3) is 76.0. The van der Waals surface area contributed by atoms with Crippen LogP contribution in [0.15, 0.2) is 0 Å². The van der Waals surface area contributed by atoms with Crippen LogP contribution in [0.3, 0.4) is 0 Å². The van der Waals surface area contributed by atoms with E-state index in [1.54, 1.807) is 0 Å². The van der Waals surface area contributed by atoms with Gasteiger partial charge >= 0.3 is 17.4 Å². The van der Waals surface area contributed by atoms with E-state index in [1.165, 1.54) is 44.9 Å². The molecule has 0 aromatic heterocycles. The minimum atomic E-state index is -1.08. The second-order valence-corrected chi connectivity index (χ2v) is 4.93. The Hall–Kier alpha value is -1.06. The Morgan fingerprint density at radius 3 is 1.17 bits per heavy atom. The number of carbonyl (C=O) groups is 3. The van der Waals surface area contributed by atoms with Crippen molar-refractivity contribution in [3.8, 4) is 0 Å². The maximum atomic E-state index is 10.1. The number of carboxylic acid groups (broad SMARTS) is 3. The van der Waals surface area contributed by atoms with Gasteiger partial charge in [0.15, 0.2) is 0 Å². The molecule has 6 nitrogen and oxygen atoms in total. The van der Waals surface area contributed by atoms with E-state index in [2.05, 4.69) is 6.92 Å². The summed E-state index contributed by atoms with van der Waals surface area (Å²) in [5.74, 6) is -3.08. The van der Waals surface area contributed by atoms with Crippen molar-refractivity contribution in [3.63, 3.8) is 0 Å². The molecule has 0 saturated heterocycles. The van der Waals surface area contributed by atoms with Crippen molar-refractivity contribution < 1.29 is 29.7 Å². The molecule has 0 saturated carbocycles. The Balaban J connectivity index is -0.000000167. The molecule has 0 fully saturated rings. The Bertz CT molecular complexity index is 262. The van der Waals surface area contributed by atoms with Gasteiger partial charge in [-0.15, -0.1) is 0 Å². The van der Waals surface area contributed by atoms with E-state index in [0.29, 0.717) is 0 Å². The predicted octanol–water partition coefficient (Wildman–Crippen LogP) is -0.211. The van der Waals surface area contributed by atoms with Crippen molar-refractivity contribution in [1.29, 1.82) is 0 Å². The summed E-state index contributed by atoms with van der Waals surface area (Å²) in [6, 6.07) is 0. The molecule has 0 heterocycles. The first-order valence-corrected chi connectivity index (χ1v) is 7.79. The van der Waals surface area contributed by atoms with Crippen LogP contribution in [0.25, 0.3) is 0 Å². The van der Waals surface area contributed by atoms with Gasteiger partial charge in [-0.25, -0.2) is 0 Å². The molecule has 7 heteroatoms. The van der Waals surface area contributed by atoms with E-state index in [1.807, 2.05) is 0 Å². The molecule has 0 aliphatic heterocycles. The van der Waals surface area contributed by atoms with Crippen LogP contribution in [-0.4, -0.2) is 35.3 Å². The van der Waals surface area contributed by atoms with Crippen molar-refractivity contribution in [2.75, 3.05) is 0 Å². The van der Waals surface area contributed by atoms with E-state index in [9.17, 15) is 9.90 Å². The molecule has 0 aromatic carbocycles. The molecule has 0 bridgehead atoms. The van der Waals surface area contributed by atoms with Crippen LogP contribution in [0.4, 0.5) is 0 Å². The fraction of sp³-hybridized carbons (Fsp3) is 0.812. The molecule has 0 aliphatic rings. The van der Waals surface area contributed by atoms with Crippen LogP contribution in [-0.2, 0) is 14.4 Å². The summed E-state index contributed by atoms with van der Waals surface area (Å²) in [5, 5.41) is 27.9. The standard InChI is InChI=1S/C12H24O2.2C2H4O2.Al/c1-2-3-4-5-6-7-8-9-10-11-12(13)14;2*1-2(3)4;/h2-11H2,1H3,(H,13,14);2*1H3,(H,3,4);/q;;;+3/p-3. The number of aliphatic carboxylic acids is 3. The van der Waals surface area contributed by atoms with Crippen molar-refractivity contribution in [2.24, 2.45) is 0 Å². The van der Waals surface area contributed by atoms with Gasteiger partial charge in [-0.1, -0.05) is 58.3 Å². The second kappa shape index (κ2) is 25.9. The maximum absolute atomic E-state index is 10.1. The van der Waals surface area contributed by atoms with Gasteiger partial charge in [0.05, 0.1) is 0 Å². The van der Waals surface area contributed by atoms with Crippen LogP contribution in [0.5, 0.6) is 0 Å². The smallest absolute Gasteiger partial charge is 0.550 e. The zero-order valence-electron chi connectivity index (χ0n) is 14.6. The Kier molecular flexibility index (Phi) is 33.6. The number of hydrogen-bond acceptors (Lipinski definition) is 6. The summed E-state index contributed by atoms with van der Waals surface area (Å²) in [6.07, 6.45) is 11.2. The number of carboxylic acids is 3. The van der Waals surface area contributed by atoms with Crippen LogP contribution >= 0.6 is 0 Å².